The average molecular weight is 324 g/mol. The Balaban J connectivity index is 2.08. The molecule has 0 atom stereocenters. The zero-order valence-electron chi connectivity index (χ0n) is 12.2. The third-order valence-corrected chi connectivity index (χ3v) is 3.83. The Morgan fingerprint density at radius 1 is 1.05 bits per heavy atom. The Bertz CT molecular complexity index is 614. The van der Waals surface area contributed by atoms with Gasteiger partial charge in [-0.1, -0.05) is 36.2 Å². The molecule has 2 nitrogen and oxygen atoms in total. The lowest BCUT2D eigenvalue weighted by Crippen LogP contribution is -2.13. The van der Waals surface area contributed by atoms with E-state index in [1.54, 1.807) is 0 Å². The van der Waals surface area contributed by atoms with Gasteiger partial charge in [0.05, 0.1) is 5.02 Å². The number of halogens is 2. The number of hydrogen-bond donors (Lipinski definition) is 1. The topological polar surface area (TPSA) is 21.3 Å². The van der Waals surface area contributed by atoms with Crippen molar-refractivity contribution in [3.8, 4) is 11.5 Å². The lowest BCUT2D eigenvalue weighted by Gasteiger charge is -2.10. The summed E-state index contributed by atoms with van der Waals surface area (Å²) in [5.41, 5.74) is 2.12. The second-order valence-corrected chi connectivity index (χ2v) is 5.77. The molecule has 1 N–H and O–H groups in total. The van der Waals surface area contributed by atoms with Crippen molar-refractivity contribution in [3.05, 3.63) is 57.6 Å². The highest BCUT2D eigenvalue weighted by atomic mass is 35.5. The molecule has 2 rings (SSSR count). The van der Waals surface area contributed by atoms with E-state index >= 15 is 0 Å². The average Bonchev–Trinajstić information content (AvgIpc) is 2.46. The molecule has 21 heavy (non-hydrogen) atoms. The van der Waals surface area contributed by atoms with Crippen molar-refractivity contribution in [3.63, 3.8) is 0 Å². The van der Waals surface area contributed by atoms with Gasteiger partial charge in [0.25, 0.3) is 0 Å². The predicted molar refractivity (Wildman–Crippen MR) is 89.7 cm³/mol. The Hall–Kier alpha value is -1.22. The SMILES string of the molecule is CCCNCc1ccc(Oc2ccc(Cl)c(C)c2)c(Cl)c1. The summed E-state index contributed by atoms with van der Waals surface area (Å²) >= 11 is 12.3. The molecular weight excluding hydrogens is 305 g/mol. The van der Waals surface area contributed by atoms with Crippen molar-refractivity contribution < 1.29 is 4.74 Å². The highest BCUT2D eigenvalue weighted by Crippen LogP contribution is 2.31. The van der Waals surface area contributed by atoms with Crippen molar-refractivity contribution in [2.24, 2.45) is 0 Å². The number of rotatable bonds is 6. The normalized spacial score (nSPS) is 10.7. The van der Waals surface area contributed by atoms with Gasteiger partial charge in [-0.25, -0.2) is 0 Å². The zero-order valence-corrected chi connectivity index (χ0v) is 13.8. The first kappa shape index (κ1) is 16.2. The van der Waals surface area contributed by atoms with Crippen LogP contribution in [-0.4, -0.2) is 6.54 Å². The van der Waals surface area contributed by atoms with Crippen molar-refractivity contribution in [2.75, 3.05) is 6.54 Å². The highest BCUT2D eigenvalue weighted by Gasteiger charge is 2.06. The van der Waals surface area contributed by atoms with Gasteiger partial charge in [-0.05, 0) is 61.3 Å². The summed E-state index contributed by atoms with van der Waals surface area (Å²) in [5.74, 6) is 1.38. The van der Waals surface area contributed by atoms with Crippen molar-refractivity contribution in [1.29, 1.82) is 0 Å². The van der Waals surface area contributed by atoms with Gasteiger partial charge >= 0.3 is 0 Å². The van der Waals surface area contributed by atoms with E-state index in [0.29, 0.717) is 10.8 Å². The number of aryl methyl sites for hydroxylation is 1. The van der Waals surface area contributed by atoms with E-state index in [1.165, 1.54) is 0 Å². The quantitative estimate of drug-likeness (QED) is 0.699. The fraction of sp³-hybridized carbons (Fsp3) is 0.294. The first-order valence-electron chi connectivity index (χ1n) is 7.03. The lowest BCUT2D eigenvalue weighted by atomic mass is 10.2. The van der Waals surface area contributed by atoms with Crippen molar-refractivity contribution >= 4 is 23.2 Å². The molecule has 0 unspecified atom stereocenters. The third-order valence-electron chi connectivity index (χ3n) is 3.11. The maximum atomic E-state index is 6.28. The van der Waals surface area contributed by atoms with Crippen LogP contribution in [0.3, 0.4) is 0 Å². The molecule has 0 aliphatic carbocycles. The molecule has 2 aromatic carbocycles. The molecule has 0 fully saturated rings. The fourth-order valence-electron chi connectivity index (χ4n) is 1.95. The predicted octanol–water partition coefficient (Wildman–Crippen LogP) is 5.59. The molecule has 0 saturated heterocycles. The van der Waals surface area contributed by atoms with E-state index in [0.717, 1.165) is 41.4 Å². The van der Waals surface area contributed by atoms with Crippen LogP contribution >= 0.6 is 23.2 Å². The van der Waals surface area contributed by atoms with Crippen LogP contribution in [-0.2, 0) is 6.54 Å². The molecule has 2 aromatic rings. The van der Waals surface area contributed by atoms with Crippen LogP contribution in [0.1, 0.15) is 24.5 Å². The fourth-order valence-corrected chi connectivity index (χ4v) is 2.31. The molecular formula is C17H19Cl2NO. The van der Waals surface area contributed by atoms with Gasteiger partial charge in [-0.15, -0.1) is 0 Å². The standard InChI is InChI=1S/C17H19Cl2NO/c1-3-8-20-11-13-4-7-17(16(19)10-13)21-14-5-6-15(18)12(2)9-14/h4-7,9-10,20H,3,8,11H2,1-2H3. The van der Waals surface area contributed by atoms with Gasteiger partial charge in [-0.3, -0.25) is 0 Å². The van der Waals surface area contributed by atoms with Crippen LogP contribution in [0, 0.1) is 6.92 Å². The molecule has 0 aromatic heterocycles. The first-order valence-corrected chi connectivity index (χ1v) is 7.79. The summed E-state index contributed by atoms with van der Waals surface area (Å²) in [7, 11) is 0. The first-order chi connectivity index (χ1) is 10.1. The molecule has 0 heterocycles. The molecule has 112 valence electrons. The second-order valence-electron chi connectivity index (χ2n) is 4.95. The summed E-state index contributed by atoms with van der Waals surface area (Å²) in [6.07, 6.45) is 1.12. The highest BCUT2D eigenvalue weighted by molar-refractivity contribution is 6.32. The molecule has 0 radical (unpaired) electrons. The Kier molecular flexibility index (Phi) is 5.92. The summed E-state index contributed by atoms with van der Waals surface area (Å²) in [4.78, 5) is 0. The Morgan fingerprint density at radius 2 is 1.86 bits per heavy atom. The molecule has 4 heteroatoms. The molecule has 0 aliphatic heterocycles. The molecule has 0 bridgehead atoms. The lowest BCUT2D eigenvalue weighted by molar-refractivity contribution is 0.482. The zero-order chi connectivity index (χ0) is 15.2. The monoisotopic (exact) mass is 323 g/mol. The molecule has 0 aliphatic rings. The van der Waals surface area contributed by atoms with Crippen LogP contribution in [0.2, 0.25) is 10.0 Å². The number of hydrogen-bond acceptors (Lipinski definition) is 2. The van der Waals surface area contributed by atoms with Crippen LogP contribution in [0.25, 0.3) is 0 Å². The summed E-state index contributed by atoms with van der Waals surface area (Å²) in [5, 5.41) is 4.68. The van der Waals surface area contributed by atoms with E-state index in [2.05, 4.69) is 12.2 Å². The van der Waals surface area contributed by atoms with Gasteiger partial charge in [0, 0.05) is 11.6 Å². The minimum absolute atomic E-state index is 0.610. The van der Waals surface area contributed by atoms with E-state index in [9.17, 15) is 0 Å². The van der Waals surface area contributed by atoms with Gasteiger partial charge in [-0.2, -0.15) is 0 Å². The largest absolute Gasteiger partial charge is 0.456 e. The van der Waals surface area contributed by atoms with Crippen molar-refractivity contribution in [1.82, 2.24) is 5.32 Å². The Morgan fingerprint density at radius 3 is 2.52 bits per heavy atom. The number of ether oxygens (including phenoxy) is 1. The molecule has 0 spiro atoms. The van der Waals surface area contributed by atoms with Crippen LogP contribution in [0.4, 0.5) is 0 Å². The summed E-state index contributed by atoms with van der Waals surface area (Å²) in [6.45, 7) is 5.90. The van der Waals surface area contributed by atoms with E-state index < -0.39 is 0 Å². The summed E-state index contributed by atoms with van der Waals surface area (Å²) < 4.78 is 5.81. The van der Waals surface area contributed by atoms with Crippen LogP contribution in [0.5, 0.6) is 11.5 Å². The maximum Gasteiger partial charge on any atom is 0.146 e. The van der Waals surface area contributed by atoms with Crippen molar-refractivity contribution in [2.45, 2.75) is 26.8 Å². The Labute approximate surface area is 136 Å². The minimum atomic E-state index is 0.610. The third kappa shape index (κ3) is 4.63. The van der Waals surface area contributed by atoms with Crippen LogP contribution in [0.15, 0.2) is 36.4 Å². The smallest absolute Gasteiger partial charge is 0.146 e. The van der Waals surface area contributed by atoms with E-state index in [-0.39, 0.29) is 0 Å². The van der Waals surface area contributed by atoms with E-state index in [4.69, 9.17) is 27.9 Å². The maximum absolute atomic E-state index is 6.28. The minimum Gasteiger partial charge on any atom is -0.456 e. The molecule has 0 saturated carbocycles. The van der Waals surface area contributed by atoms with Gasteiger partial charge in [0.2, 0.25) is 0 Å². The van der Waals surface area contributed by atoms with E-state index in [1.807, 2.05) is 43.3 Å². The second kappa shape index (κ2) is 7.69. The van der Waals surface area contributed by atoms with Gasteiger partial charge in [0.15, 0.2) is 0 Å². The summed E-state index contributed by atoms with van der Waals surface area (Å²) in [6, 6.07) is 11.4. The number of nitrogens with one attached hydrogen (secondary N) is 1. The number of benzene rings is 2. The van der Waals surface area contributed by atoms with Crippen LogP contribution < -0.4 is 10.1 Å². The molecule has 0 amide bonds. The van der Waals surface area contributed by atoms with Gasteiger partial charge < -0.3 is 10.1 Å². The van der Waals surface area contributed by atoms with Gasteiger partial charge in [0.1, 0.15) is 11.5 Å².